The van der Waals surface area contributed by atoms with E-state index in [4.69, 9.17) is 4.74 Å². The number of nitrogens with zero attached hydrogens (tertiary/aromatic N) is 4. The molecule has 4 aromatic rings. The van der Waals surface area contributed by atoms with Gasteiger partial charge in [-0.2, -0.15) is 0 Å². The standard InChI is InChI=1S/C22H22N4O3S/c1-2-29-19(27)13-8-14-30-22-24-23-21-25(15-16-9-4-3-5-10-16)20(28)17-11-6-7-12-18(17)26(21)22/h3-7,9-12H,2,8,13-15H2,1H3. The van der Waals surface area contributed by atoms with Gasteiger partial charge in [-0.1, -0.05) is 54.2 Å². The Balaban J connectivity index is 1.70. The Morgan fingerprint density at radius 1 is 1.07 bits per heavy atom. The van der Waals surface area contributed by atoms with Gasteiger partial charge in [0, 0.05) is 12.2 Å². The van der Waals surface area contributed by atoms with Gasteiger partial charge in [0.1, 0.15) is 0 Å². The first kappa shape index (κ1) is 20.2. The lowest BCUT2D eigenvalue weighted by atomic mass is 10.2. The number of para-hydroxylation sites is 1. The number of rotatable bonds is 8. The molecule has 0 fully saturated rings. The van der Waals surface area contributed by atoms with Crippen molar-refractivity contribution in [2.45, 2.75) is 31.5 Å². The zero-order chi connectivity index (χ0) is 20.9. The first-order chi connectivity index (χ1) is 14.7. The number of thioether (sulfide) groups is 1. The first-order valence-electron chi connectivity index (χ1n) is 9.88. The lowest BCUT2D eigenvalue weighted by Crippen LogP contribution is -2.24. The Labute approximate surface area is 177 Å². The van der Waals surface area contributed by atoms with Crippen molar-refractivity contribution in [1.29, 1.82) is 0 Å². The van der Waals surface area contributed by atoms with E-state index < -0.39 is 0 Å². The summed E-state index contributed by atoms with van der Waals surface area (Å²) in [5.74, 6) is 1.02. The molecule has 0 N–H and O–H groups in total. The van der Waals surface area contributed by atoms with Crippen molar-refractivity contribution in [3.8, 4) is 0 Å². The second-order valence-electron chi connectivity index (χ2n) is 6.77. The van der Waals surface area contributed by atoms with Crippen LogP contribution in [0.5, 0.6) is 0 Å². The summed E-state index contributed by atoms with van der Waals surface area (Å²) in [6, 6.07) is 17.3. The SMILES string of the molecule is CCOC(=O)CCCSc1nnc2n(Cc3ccccc3)c(=O)c3ccccc3n12. The fraction of sp³-hybridized carbons (Fsp3) is 0.273. The van der Waals surface area contributed by atoms with Gasteiger partial charge in [-0.25, -0.2) is 0 Å². The fourth-order valence-electron chi connectivity index (χ4n) is 3.35. The lowest BCUT2D eigenvalue weighted by Gasteiger charge is -2.11. The summed E-state index contributed by atoms with van der Waals surface area (Å²) < 4.78 is 8.56. The number of hydrogen-bond donors (Lipinski definition) is 0. The molecule has 0 atom stereocenters. The molecule has 0 radical (unpaired) electrons. The number of esters is 1. The van der Waals surface area contributed by atoms with Crippen LogP contribution in [0.1, 0.15) is 25.3 Å². The average Bonchev–Trinajstić information content (AvgIpc) is 3.19. The maximum absolute atomic E-state index is 13.2. The van der Waals surface area contributed by atoms with Crippen molar-refractivity contribution in [1.82, 2.24) is 19.2 Å². The minimum Gasteiger partial charge on any atom is -0.466 e. The van der Waals surface area contributed by atoms with Crippen molar-refractivity contribution >= 4 is 34.4 Å². The van der Waals surface area contributed by atoms with Crippen LogP contribution in [0, 0.1) is 0 Å². The van der Waals surface area contributed by atoms with Crippen LogP contribution in [0.2, 0.25) is 0 Å². The zero-order valence-electron chi connectivity index (χ0n) is 16.7. The number of carbonyl (C=O) groups is 1. The van der Waals surface area contributed by atoms with Gasteiger partial charge < -0.3 is 4.74 Å². The highest BCUT2D eigenvalue weighted by Gasteiger charge is 2.17. The molecule has 7 nitrogen and oxygen atoms in total. The van der Waals surface area contributed by atoms with Crippen LogP contribution >= 0.6 is 11.8 Å². The molecule has 0 aliphatic carbocycles. The normalized spacial score (nSPS) is 11.2. The summed E-state index contributed by atoms with van der Waals surface area (Å²) in [6.07, 6.45) is 1.05. The summed E-state index contributed by atoms with van der Waals surface area (Å²) in [7, 11) is 0. The Bertz CT molecular complexity index is 1230. The Hall–Kier alpha value is -3.13. The fourth-order valence-corrected chi connectivity index (χ4v) is 4.23. The molecular weight excluding hydrogens is 400 g/mol. The van der Waals surface area contributed by atoms with Gasteiger partial charge in [-0.3, -0.25) is 18.6 Å². The molecule has 30 heavy (non-hydrogen) atoms. The summed E-state index contributed by atoms with van der Waals surface area (Å²) >= 11 is 1.52. The predicted octanol–water partition coefficient (Wildman–Crippen LogP) is 3.53. The summed E-state index contributed by atoms with van der Waals surface area (Å²) in [5, 5.41) is 9.99. The molecule has 0 bridgehead atoms. The third kappa shape index (κ3) is 4.09. The van der Waals surface area contributed by atoms with Crippen LogP contribution in [0.3, 0.4) is 0 Å². The maximum atomic E-state index is 13.2. The van der Waals surface area contributed by atoms with Gasteiger partial charge in [0.15, 0.2) is 5.16 Å². The van der Waals surface area contributed by atoms with Crippen molar-refractivity contribution in [3.63, 3.8) is 0 Å². The number of carbonyl (C=O) groups excluding carboxylic acids is 1. The van der Waals surface area contributed by atoms with Crippen LogP contribution < -0.4 is 5.56 Å². The molecule has 4 rings (SSSR count). The molecule has 0 aliphatic rings. The van der Waals surface area contributed by atoms with Crippen LogP contribution in [0.15, 0.2) is 64.5 Å². The minimum atomic E-state index is -0.189. The average molecular weight is 423 g/mol. The number of benzene rings is 2. The Kier molecular flexibility index (Phi) is 6.13. The van der Waals surface area contributed by atoms with E-state index in [1.807, 2.05) is 59.0 Å². The van der Waals surface area contributed by atoms with Gasteiger partial charge in [0.05, 0.1) is 24.1 Å². The highest BCUT2D eigenvalue weighted by Crippen LogP contribution is 2.23. The Morgan fingerprint density at radius 3 is 2.63 bits per heavy atom. The third-order valence-electron chi connectivity index (χ3n) is 4.72. The predicted molar refractivity (Wildman–Crippen MR) is 117 cm³/mol. The van der Waals surface area contributed by atoms with Gasteiger partial charge in [0.2, 0.25) is 5.78 Å². The van der Waals surface area contributed by atoms with Crippen molar-refractivity contribution < 1.29 is 9.53 Å². The first-order valence-corrected chi connectivity index (χ1v) is 10.9. The van der Waals surface area contributed by atoms with E-state index in [0.29, 0.717) is 48.1 Å². The van der Waals surface area contributed by atoms with E-state index >= 15 is 0 Å². The lowest BCUT2D eigenvalue weighted by molar-refractivity contribution is -0.143. The molecule has 0 spiro atoms. The van der Waals surface area contributed by atoms with E-state index in [9.17, 15) is 9.59 Å². The maximum Gasteiger partial charge on any atom is 0.305 e. The largest absolute Gasteiger partial charge is 0.466 e. The molecular formula is C22H22N4O3S. The quantitative estimate of drug-likeness (QED) is 0.246. The summed E-state index contributed by atoms with van der Waals surface area (Å²) in [5.41, 5.74) is 1.70. The smallest absolute Gasteiger partial charge is 0.305 e. The highest BCUT2D eigenvalue weighted by atomic mass is 32.2. The molecule has 0 saturated heterocycles. The molecule has 0 amide bonds. The van der Waals surface area contributed by atoms with E-state index in [-0.39, 0.29) is 11.5 Å². The van der Waals surface area contributed by atoms with Crippen molar-refractivity contribution in [3.05, 3.63) is 70.5 Å². The van der Waals surface area contributed by atoms with Gasteiger partial charge in [-0.05, 0) is 31.0 Å². The number of aromatic nitrogens is 4. The van der Waals surface area contributed by atoms with E-state index in [1.165, 1.54) is 11.8 Å². The number of ether oxygens (including phenoxy) is 1. The molecule has 2 aromatic carbocycles. The van der Waals surface area contributed by atoms with E-state index in [0.717, 1.165) is 11.1 Å². The van der Waals surface area contributed by atoms with Crippen molar-refractivity contribution in [2.75, 3.05) is 12.4 Å². The van der Waals surface area contributed by atoms with Crippen molar-refractivity contribution in [2.24, 2.45) is 0 Å². The summed E-state index contributed by atoms with van der Waals surface area (Å²) in [6.45, 7) is 2.61. The highest BCUT2D eigenvalue weighted by molar-refractivity contribution is 7.99. The summed E-state index contributed by atoms with van der Waals surface area (Å²) in [4.78, 5) is 24.7. The molecule has 2 heterocycles. The van der Waals surface area contributed by atoms with Gasteiger partial charge in [-0.15, -0.1) is 10.2 Å². The van der Waals surface area contributed by atoms with E-state index in [1.54, 1.807) is 11.5 Å². The van der Waals surface area contributed by atoms with Crippen LogP contribution in [0.4, 0.5) is 0 Å². The molecule has 154 valence electrons. The van der Waals surface area contributed by atoms with Gasteiger partial charge >= 0.3 is 5.97 Å². The van der Waals surface area contributed by atoms with Gasteiger partial charge in [0.25, 0.3) is 5.56 Å². The second-order valence-corrected chi connectivity index (χ2v) is 7.83. The second kappa shape index (κ2) is 9.13. The third-order valence-corrected chi connectivity index (χ3v) is 5.74. The molecule has 0 aliphatic heterocycles. The molecule has 8 heteroatoms. The number of hydrogen-bond acceptors (Lipinski definition) is 6. The van der Waals surface area contributed by atoms with Crippen LogP contribution in [0.25, 0.3) is 16.7 Å². The zero-order valence-corrected chi connectivity index (χ0v) is 17.5. The minimum absolute atomic E-state index is 0.0896. The monoisotopic (exact) mass is 422 g/mol. The number of fused-ring (bicyclic) bond motifs is 3. The van der Waals surface area contributed by atoms with Crippen LogP contribution in [-0.2, 0) is 16.1 Å². The molecule has 2 aromatic heterocycles. The molecule has 0 saturated carbocycles. The molecule has 0 unspecified atom stereocenters. The van der Waals surface area contributed by atoms with Crippen LogP contribution in [-0.4, -0.2) is 37.5 Å². The topological polar surface area (TPSA) is 78.5 Å². The van der Waals surface area contributed by atoms with E-state index in [2.05, 4.69) is 10.2 Å². The Morgan fingerprint density at radius 2 is 1.83 bits per heavy atom.